The summed E-state index contributed by atoms with van der Waals surface area (Å²) < 4.78 is 154. The molecule has 14 aromatic carbocycles. The fourth-order valence-electron chi connectivity index (χ4n) is 15.1. The number of hydrogen-bond donors (Lipinski definition) is 0. The molecule has 0 atom stereocenters. The molecule has 0 radical (unpaired) electrons. The highest BCUT2D eigenvalue weighted by atomic mass is 15.2. The van der Waals surface area contributed by atoms with E-state index in [0.29, 0.717) is 22.7 Å². The number of hydrogen-bond acceptors (Lipinski definition) is 2. The quantitative estimate of drug-likeness (QED) is 0.134. The Bertz CT molecular complexity index is 6160. The van der Waals surface area contributed by atoms with E-state index in [-0.39, 0.29) is 49.0 Å². The third-order valence-electron chi connectivity index (χ3n) is 19.5. The first-order valence-corrected chi connectivity index (χ1v) is 32.8. The van der Waals surface area contributed by atoms with E-state index in [0.717, 1.165) is 106 Å². The van der Waals surface area contributed by atoms with E-state index in [4.69, 9.17) is 5.48 Å². The lowest BCUT2D eigenvalue weighted by molar-refractivity contribution is 0.570. The lowest BCUT2D eigenvalue weighted by Crippen LogP contribution is -2.61. The predicted octanol–water partition coefficient (Wildman–Crippen LogP) is 22.9. The number of nitrogens with zero attached hydrogens (tertiary/aromatic N) is 4. The smallest absolute Gasteiger partial charge is 0.252 e. The summed E-state index contributed by atoms with van der Waals surface area (Å²) in [6.07, 6.45) is 0. The first kappa shape index (κ1) is 43.4. The first-order valence-electron chi connectivity index (χ1n) is 40.8. The summed E-state index contributed by atoms with van der Waals surface area (Å²) in [4.78, 5) is 4.64. The van der Waals surface area contributed by atoms with Crippen LogP contribution in [0.15, 0.2) is 321 Å². The Kier molecular flexibility index (Phi) is 10.1. The molecule has 462 valence electrons. The van der Waals surface area contributed by atoms with Crippen molar-refractivity contribution >= 4 is 101 Å². The number of fused-ring (bicyclic) bond motifs is 10. The number of benzene rings is 14. The van der Waals surface area contributed by atoms with Crippen LogP contribution in [0.5, 0.6) is 0 Å². The second kappa shape index (κ2) is 22.5. The van der Waals surface area contributed by atoms with Crippen LogP contribution in [0.3, 0.4) is 0 Å². The van der Waals surface area contributed by atoms with Gasteiger partial charge in [-0.05, 0) is 132 Å². The Balaban J connectivity index is 1.08. The average Bonchev–Trinajstić information content (AvgIpc) is 1.52. The molecule has 2 aliphatic heterocycles. The fraction of sp³-hybridized carbons (Fsp3) is 0.0870. The van der Waals surface area contributed by atoms with Gasteiger partial charge in [-0.3, -0.25) is 0 Å². The van der Waals surface area contributed by atoms with Gasteiger partial charge in [-0.15, -0.1) is 0 Å². The van der Waals surface area contributed by atoms with E-state index in [1.807, 2.05) is 109 Å². The van der Waals surface area contributed by atoms with Crippen LogP contribution in [0, 0.1) is 0 Å². The Morgan fingerprint density at radius 2 is 0.649 bits per heavy atom. The lowest BCUT2D eigenvalue weighted by atomic mass is 9.33. The maximum absolute atomic E-state index is 9.84. The molecule has 18 rings (SSSR count). The van der Waals surface area contributed by atoms with Gasteiger partial charge in [0.2, 0.25) is 0 Å². The maximum atomic E-state index is 9.84. The largest absolute Gasteiger partial charge is 0.310 e. The molecule has 0 spiro atoms. The monoisotopic (exact) mass is 1260 g/mol. The number of rotatable bonds is 9. The van der Waals surface area contributed by atoms with Crippen molar-refractivity contribution in [3.8, 4) is 67.0 Å². The van der Waals surface area contributed by atoms with Gasteiger partial charge in [0.15, 0.2) is 0 Å². The van der Waals surface area contributed by atoms with Crippen molar-refractivity contribution in [2.45, 2.75) is 52.4 Å². The number of aromatic nitrogens is 2. The van der Waals surface area contributed by atoms with Crippen molar-refractivity contribution in [1.29, 1.82) is 0 Å². The maximum Gasteiger partial charge on any atom is 0.252 e. The molecule has 0 amide bonds. The first-order chi connectivity index (χ1) is 54.1. The van der Waals surface area contributed by atoms with E-state index in [1.54, 1.807) is 9.13 Å². The molecule has 0 aliphatic carbocycles. The Morgan fingerprint density at radius 3 is 0.990 bits per heavy atom. The highest BCUT2D eigenvalue weighted by Gasteiger charge is 2.46. The third-order valence-corrected chi connectivity index (χ3v) is 19.5. The highest BCUT2D eigenvalue weighted by Crippen LogP contribution is 2.55. The zero-order valence-electron chi connectivity index (χ0n) is 70.2. The van der Waals surface area contributed by atoms with Gasteiger partial charge in [0.05, 0.1) is 55.4 Å². The summed E-state index contributed by atoms with van der Waals surface area (Å²) in [7, 11) is 0. The van der Waals surface area contributed by atoms with Crippen molar-refractivity contribution in [2.24, 2.45) is 0 Å². The fourth-order valence-corrected chi connectivity index (χ4v) is 15.1. The van der Waals surface area contributed by atoms with Gasteiger partial charge in [-0.1, -0.05) is 302 Å². The predicted molar refractivity (Wildman–Crippen MR) is 414 cm³/mol. The van der Waals surface area contributed by atoms with Crippen LogP contribution < -0.4 is 26.2 Å². The molecule has 5 heteroatoms. The third kappa shape index (κ3) is 9.35. The number of anilines is 6. The summed E-state index contributed by atoms with van der Waals surface area (Å²) in [6.45, 7) is 12.5. The van der Waals surface area contributed by atoms with Gasteiger partial charge in [0, 0.05) is 77.9 Å². The van der Waals surface area contributed by atoms with Gasteiger partial charge >= 0.3 is 0 Å². The van der Waals surface area contributed by atoms with E-state index >= 15 is 0 Å². The summed E-state index contributed by atoms with van der Waals surface area (Å²) in [6, 6.07) is 68.1. The molecule has 97 heavy (non-hydrogen) atoms. The lowest BCUT2D eigenvalue weighted by Gasteiger charge is -2.46. The standard InChI is InChI=1S/C92H71BN4/c1-91(2,3)65-49-52-68(77(57-65)92(4,5)6)64-55-86-88-87(56-64)97(90-71(62-33-15-9-16-34-62)43-28-44-72(90)63-35-17-10-18-36-63)85-59-67(95-82-47-25-21-39-75(82)76-40-22-26-48-83(76)95)51-54-79(85)93(88)78-53-50-66(94-80-45-23-19-37-73(80)74-38-20-24-46-81(74)94)58-84(78)96(86)89-69(60-29-11-7-12-30-60)41-27-42-70(89)61-31-13-8-14-32-61/h7-59H,1-6H3/i19D,20D,21D,22D,23D,24D,25D,26D,37D,38D,39D,40D,45D,46D,47D,48D. The van der Waals surface area contributed by atoms with Gasteiger partial charge in [0.25, 0.3) is 6.71 Å². The van der Waals surface area contributed by atoms with Crippen LogP contribution in [0.1, 0.15) is 74.6 Å². The van der Waals surface area contributed by atoms with Gasteiger partial charge in [-0.2, -0.15) is 0 Å². The molecule has 0 unspecified atom stereocenters. The molecule has 0 saturated carbocycles. The topological polar surface area (TPSA) is 16.3 Å². The van der Waals surface area contributed by atoms with Gasteiger partial charge < -0.3 is 18.9 Å². The zero-order chi connectivity index (χ0) is 79.2. The van der Waals surface area contributed by atoms with E-state index in [2.05, 4.69) is 167 Å². The molecular weight excluding hydrogens is 1170 g/mol. The minimum Gasteiger partial charge on any atom is -0.310 e. The Morgan fingerprint density at radius 1 is 0.299 bits per heavy atom. The molecule has 4 nitrogen and oxygen atoms in total. The Hall–Kier alpha value is -11.7. The second-order valence-electron chi connectivity index (χ2n) is 27.2. The van der Waals surface area contributed by atoms with Crippen molar-refractivity contribution < 1.29 is 21.9 Å². The molecule has 0 N–H and O–H groups in total. The highest BCUT2D eigenvalue weighted by molar-refractivity contribution is 7.00. The van der Waals surface area contributed by atoms with Crippen molar-refractivity contribution in [1.82, 2.24) is 9.13 Å². The summed E-state index contributed by atoms with van der Waals surface area (Å²) >= 11 is 0. The van der Waals surface area contributed by atoms with Crippen molar-refractivity contribution in [2.75, 3.05) is 9.80 Å². The van der Waals surface area contributed by atoms with Crippen LogP contribution in [-0.4, -0.2) is 15.8 Å². The van der Waals surface area contributed by atoms with Crippen LogP contribution in [-0.2, 0) is 10.8 Å². The normalized spacial score (nSPS) is 15.1. The molecule has 0 fully saturated rings. The SMILES string of the molecule is [2H]c1c([2H])c([2H])c2c(c1[2H])c1c([2H])c([2H])c([2H])c([2H])c1n2-c1ccc2c(c1)N(c1c(-c3ccccc3)cccc1-c1ccccc1)c1cc(-c3ccc(C(C)(C)C)cc3C(C)(C)C)cc3c1B2c1ccc(-n2c4c([2H])c([2H])c([2H])c([2H])c4c4c([2H])c([2H])c([2H])c([2H])c42)cc1N3c1c(-c2ccccc2)cccc1-c1ccccc1. The molecular formula is C92H71BN4. The Labute approximate surface area is 590 Å². The molecule has 0 bridgehead atoms. The van der Waals surface area contributed by atoms with Gasteiger partial charge in [0.1, 0.15) is 0 Å². The number of para-hydroxylation sites is 6. The minimum atomic E-state index is -0.770. The van der Waals surface area contributed by atoms with Crippen LogP contribution >= 0.6 is 0 Å². The molecule has 2 aromatic heterocycles. The molecule has 4 heterocycles. The zero-order valence-corrected chi connectivity index (χ0v) is 54.2. The van der Waals surface area contributed by atoms with Gasteiger partial charge in [-0.25, -0.2) is 0 Å². The minimum absolute atomic E-state index is 0.0503. The average molecular weight is 1260 g/mol. The van der Waals surface area contributed by atoms with Crippen molar-refractivity contribution in [3.63, 3.8) is 0 Å². The summed E-state index contributed by atoms with van der Waals surface area (Å²) in [5, 5.41) is -0.288. The van der Waals surface area contributed by atoms with E-state index < -0.39 is 109 Å². The van der Waals surface area contributed by atoms with E-state index in [9.17, 15) is 16.4 Å². The summed E-state index contributed by atoms with van der Waals surface area (Å²) in [5.41, 5.74) is 17.0. The van der Waals surface area contributed by atoms with Crippen molar-refractivity contribution in [3.05, 3.63) is 332 Å². The second-order valence-corrected chi connectivity index (χ2v) is 27.2. The molecule has 0 saturated heterocycles. The van der Waals surface area contributed by atoms with Crippen LogP contribution in [0.2, 0.25) is 0 Å². The molecule has 2 aliphatic rings. The van der Waals surface area contributed by atoms with Crippen LogP contribution in [0.4, 0.5) is 34.1 Å². The molecule has 16 aromatic rings. The summed E-state index contributed by atoms with van der Waals surface area (Å²) in [5.74, 6) is 0. The van der Waals surface area contributed by atoms with E-state index in [1.165, 1.54) is 0 Å². The van der Waals surface area contributed by atoms with Crippen LogP contribution in [0.25, 0.3) is 111 Å².